The number of rotatable bonds is 3. The van der Waals surface area contributed by atoms with E-state index in [0.717, 1.165) is 0 Å². The van der Waals surface area contributed by atoms with Crippen LogP contribution in [0.25, 0.3) is 0 Å². The molecule has 1 aliphatic rings. The molecule has 7 heteroatoms. The lowest BCUT2D eigenvalue weighted by molar-refractivity contribution is 0.171. The van der Waals surface area contributed by atoms with Crippen LogP contribution >= 0.6 is 11.6 Å². The van der Waals surface area contributed by atoms with Gasteiger partial charge in [-0.1, -0.05) is 16.8 Å². The Hall–Kier alpha value is -1.82. The topological polar surface area (TPSA) is 86.3 Å². The maximum Gasteiger partial charge on any atom is 0.180 e. The van der Waals surface area contributed by atoms with Gasteiger partial charge in [0.1, 0.15) is 25.6 Å². The lowest BCUT2D eigenvalue weighted by Crippen LogP contribution is -2.21. The van der Waals surface area contributed by atoms with Gasteiger partial charge in [0.15, 0.2) is 17.3 Å². The first-order chi connectivity index (χ1) is 8.20. The Morgan fingerprint density at radius 3 is 3.00 bits per heavy atom. The predicted octanol–water partition coefficient (Wildman–Crippen LogP) is 1.24. The second-order valence-electron chi connectivity index (χ2n) is 3.31. The minimum absolute atomic E-state index is 0.0315. The summed E-state index contributed by atoms with van der Waals surface area (Å²) >= 11 is 6.00. The molecule has 0 spiro atoms. The number of amidine groups is 1. The van der Waals surface area contributed by atoms with Gasteiger partial charge in [-0.25, -0.2) is 0 Å². The maximum atomic E-state index is 8.37. The summed E-state index contributed by atoms with van der Waals surface area (Å²) in [5.74, 6) is 1.47. The van der Waals surface area contributed by atoms with Gasteiger partial charge >= 0.3 is 0 Å². The SMILES string of the molecule is N/C(COc1cc(Cl)c2c(c1)OCCO2)=N\O. The highest BCUT2D eigenvalue weighted by atomic mass is 35.5. The summed E-state index contributed by atoms with van der Waals surface area (Å²) < 4.78 is 16.0. The average Bonchev–Trinajstić information content (AvgIpc) is 2.36. The van der Waals surface area contributed by atoms with Crippen molar-refractivity contribution < 1.29 is 19.4 Å². The first-order valence-corrected chi connectivity index (χ1v) is 5.27. The van der Waals surface area contributed by atoms with Crippen LogP contribution < -0.4 is 19.9 Å². The van der Waals surface area contributed by atoms with Crippen molar-refractivity contribution >= 4 is 17.4 Å². The standard InChI is InChI=1S/C10H11ClN2O4/c11-7-3-6(17-5-9(12)13-14)4-8-10(7)16-2-1-15-8/h3-4,14H,1-2,5H2,(H2,12,13). The van der Waals surface area contributed by atoms with E-state index in [9.17, 15) is 0 Å². The average molecular weight is 259 g/mol. The molecule has 17 heavy (non-hydrogen) atoms. The summed E-state index contributed by atoms with van der Waals surface area (Å²) in [5.41, 5.74) is 5.28. The molecule has 0 saturated heterocycles. The van der Waals surface area contributed by atoms with Crippen molar-refractivity contribution in [1.29, 1.82) is 0 Å². The van der Waals surface area contributed by atoms with Crippen LogP contribution in [0.1, 0.15) is 0 Å². The third-order valence-corrected chi connectivity index (χ3v) is 2.37. The second kappa shape index (κ2) is 5.01. The fourth-order valence-corrected chi connectivity index (χ4v) is 1.61. The molecular weight excluding hydrogens is 248 g/mol. The van der Waals surface area contributed by atoms with Crippen molar-refractivity contribution in [3.63, 3.8) is 0 Å². The third kappa shape index (κ3) is 2.65. The normalized spacial score (nSPS) is 14.5. The Morgan fingerprint density at radius 1 is 1.47 bits per heavy atom. The lowest BCUT2D eigenvalue weighted by atomic mass is 10.3. The number of benzene rings is 1. The molecule has 3 N–H and O–H groups in total. The van der Waals surface area contributed by atoms with Gasteiger partial charge in [0.25, 0.3) is 0 Å². The number of oxime groups is 1. The van der Waals surface area contributed by atoms with Gasteiger partial charge in [0, 0.05) is 12.1 Å². The van der Waals surface area contributed by atoms with Gasteiger partial charge in [-0.3, -0.25) is 0 Å². The molecule has 0 unspecified atom stereocenters. The Balaban J connectivity index is 2.16. The van der Waals surface area contributed by atoms with E-state index in [0.29, 0.717) is 35.5 Å². The van der Waals surface area contributed by atoms with Crippen molar-refractivity contribution in [2.45, 2.75) is 0 Å². The number of halogens is 1. The Bertz CT molecular complexity index is 450. The minimum atomic E-state index is -0.0352. The van der Waals surface area contributed by atoms with Crippen molar-refractivity contribution in [3.05, 3.63) is 17.2 Å². The maximum absolute atomic E-state index is 8.37. The highest BCUT2D eigenvalue weighted by Gasteiger charge is 2.17. The van der Waals surface area contributed by atoms with Crippen LogP contribution in [0.2, 0.25) is 5.02 Å². The van der Waals surface area contributed by atoms with E-state index in [1.165, 1.54) is 0 Å². The van der Waals surface area contributed by atoms with Crippen molar-refractivity contribution in [1.82, 2.24) is 0 Å². The predicted molar refractivity (Wildman–Crippen MR) is 61.3 cm³/mol. The fraction of sp³-hybridized carbons (Fsp3) is 0.300. The number of fused-ring (bicyclic) bond motifs is 1. The highest BCUT2D eigenvalue weighted by Crippen LogP contribution is 2.40. The molecule has 0 fully saturated rings. The highest BCUT2D eigenvalue weighted by molar-refractivity contribution is 6.32. The first-order valence-electron chi connectivity index (χ1n) is 4.89. The number of hydrogen-bond acceptors (Lipinski definition) is 5. The second-order valence-corrected chi connectivity index (χ2v) is 3.72. The van der Waals surface area contributed by atoms with Crippen LogP contribution in [0, 0.1) is 0 Å². The summed E-state index contributed by atoms with van der Waals surface area (Å²) in [6.45, 7) is 0.899. The molecule has 0 amide bonds. The van der Waals surface area contributed by atoms with Gasteiger partial charge in [-0.05, 0) is 0 Å². The molecule has 0 atom stereocenters. The zero-order valence-corrected chi connectivity index (χ0v) is 9.61. The van der Waals surface area contributed by atoms with Crippen molar-refractivity contribution in [2.24, 2.45) is 10.9 Å². The lowest BCUT2D eigenvalue weighted by Gasteiger charge is -2.20. The quantitative estimate of drug-likeness (QED) is 0.369. The van der Waals surface area contributed by atoms with E-state index in [1.807, 2.05) is 0 Å². The molecule has 0 saturated carbocycles. The van der Waals surface area contributed by atoms with Crippen LogP contribution in [-0.4, -0.2) is 30.9 Å². The third-order valence-electron chi connectivity index (χ3n) is 2.09. The van der Waals surface area contributed by atoms with E-state index in [1.54, 1.807) is 12.1 Å². The summed E-state index contributed by atoms with van der Waals surface area (Å²) in [4.78, 5) is 0. The molecular formula is C10H11ClN2O4. The summed E-state index contributed by atoms with van der Waals surface area (Å²) in [5, 5.41) is 11.6. The summed E-state index contributed by atoms with van der Waals surface area (Å²) in [6, 6.07) is 3.23. The molecule has 2 rings (SSSR count). The Morgan fingerprint density at radius 2 is 2.24 bits per heavy atom. The number of hydrogen-bond donors (Lipinski definition) is 2. The molecule has 0 bridgehead atoms. The summed E-state index contributed by atoms with van der Waals surface area (Å²) in [6.07, 6.45) is 0. The summed E-state index contributed by atoms with van der Waals surface area (Å²) in [7, 11) is 0. The number of nitrogens with zero attached hydrogens (tertiary/aromatic N) is 1. The van der Waals surface area contributed by atoms with Crippen LogP contribution in [-0.2, 0) is 0 Å². The van der Waals surface area contributed by atoms with Crippen molar-refractivity contribution in [3.8, 4) is 17.2 Å². The van der Waals surface area contributed by atoms with E-state index in [2.05, 4.69) is 5.16 Å². The number of ether oxygens (including phenoxy) is 3. The van der Waals surface area contributed by atoms with Gasteiger partial charge in [-0.2, -0.15) is 0 Å². The van der Waals surface area contributed by atoms with Gasteiger partial charge < -0.3 is 25.2 Å². The molecule has 1 aromatic carbocycles. The zero-order chi connectivity index (χ0) is 12.3. The van der Waals surface area contributed by atoms with Crippen LogP contribution in [0.3, 0.4) is 0 Å². The molecule has 0 aliphatic carbocycles. The smallest absolute Gasteiger partial charge is 0.180 e. The van der Waals surface area contributed by atoms with Crippen LogP contribution in [0.5, 0.6) is 17.2 Å². The van der Waals surface area contributed by atoms with E-state index >= 15 is 0 Å². The molecule has 0 radical (unpaired) electrons. The van der Waals surface area contributed by atoms with E-state index in [-0.39, 0.29) is 12.4 Å². The monoisotopic (exact) mass is 258 g/mol. The Kier molecular flexibility index (Phi) is 3.43. The first kappa shape index (κ1) is 11.7. The molecule has 92 valence electrons. The molecule has 1 heterocycles. The van der Waals surface area contributed by atoms with Gasteiger partial charge in [0.05, 0.1) is 5.02 Å². The van der Waals surface area contributed by atoms with E-state index in [4.69, 9.17) is 36.8 Å². The van der Waals surface area contributed by atoms with Crippen molar-refractivity contribution in [2.75, 3.05) is 19.8 Å². The Labute approximate surface area is 103 Å². The molecule has 1 aromatic rings. The zero-order valence-electron chi connectivity index (χ0n) is 8.85. The molecule has 0 aromatic heterocycles. The number of nitrogens with two attached hydrogens (primary N) is 1. The molecule has 6 nitrogen and oxygen atoms in total. The van der Waals surface area contributed by atoms with E-state index < -0.39 is 0 Å². The fourth-order valence-electron chi connectivity index (χ4n) is 1.36. The van der Waals surface area contributed by atoms with Crippen LogP contribution in [0.15, 0.2) is 17.3 Å². The largest absolute Gasteiger partial charge is 0.486 e. The van der Waals surface area contributed by atoms with Crippen LogP contribution in [0.4, 0.5) is 0 Å². The van der Waals surface area contributed by atoms with Gasteiger partial charge in [0.2, 0.25) is 0 Å². The van der Waals surface area contributed by atoms with Gasteiger partial charge in [-0.15, -0.1) is 0 Å². The molecule has 1 aliphatic heterocycles. The minimum Gasteiger partial charge on any atom is -0.486 e.